The van der Waals surface area contributed by atoms with Crippen molar-refractivity contribution >= 4 is 5.91 Å². The molecular weight excluding hydrogens is 364 g/mol. The molecule has 3 N–H and O–H groups in total. The fourth-order valence-electron chi connectivity index (χ4n) is 3.54. The van der Waals surface area contributed by atoms with Gasteiger partial charge >= 0.3 is 0 Å². The summed E-state index contributed by atoms with van der Waals surface area (Å²) in [6, 6.07) is 6.52. The summed E-state index contributed by atoms with van der Waals surface area (Å²) in [5, 5.41) is 7.55. The van der Waals surface area contributed by atoms with Gasteiger partial charge in [-0.15, -0.1) is 5.10 Å². The topological polar surface area (TPSA) is 84.2 Å². The smallest absolute Gasteiger partial charge is 0.236 e. The van der Waals surface area contributed by atoms with Crippen LogP contribution < -0.4 is 10.5 Å². The lowest BCUT2D eigenvalue weighted by Crippen LogP contribution is -2.43. The summed E-state index contributed by atoms with van der Waals surface area (Å²) in [5.41, 5.74) is 10.7. The van der Waals surface area contributed by atoms with Crippen LogP contribution in [0.5, 0.6) is 5.88 Å². The maximum atomic E-state index is 12.8. The number of nitrogens with two attached hydrogens (primary N) is 1. The first-order valence-corrected chi connectivity index (χ1v) is 10.6. The van der Waals surface area contributed by atoms with E-state index in [1.807, 2.05) is 32.6 Å². The number of nitrogens with one attached hydrogen (secondary N) is 1. The quantitative estimate of drug-likeness (QED) is 0.636. The average Bonchev–Trinajstić information content (AvgIpc) is 3.09. The van der Waals surface area contributed by atoms with Gasteiger partial charge in [0.25, 0.3) is 0 Å². The Hall–Kier alpha value is -2.34. The van der Waals surface area contributed by atoms with Gasteiger partial charge in [0.15, 0.2) is 0 Å². The van der Waals surface area contributed by atoms with Gasteiger partial charge in [0.1, 0.15) is 6.61 Å². The van der Waals surface area contributed by atoms with Crippen molar-refractivity contribution in [3.63, 3.8) is 0 Å². The van der Waals surface area contributed by atoms with Crippen LogP contribution in [0.2, 0.25) is 0 Å². The predicted octanol–water partition coefficient (Wildman–Crippen LogP) is 3.72. The number of aromatic amines is 1. The second kappa shape index (κ2) is 9.92. The number of nitrogens with zero attached hydrogens (tertiary/aromatic N) is 2. The van der Waals surface area contributed by atoms with Gasteiger partial charge in [-0.3, -0.25) is 9.89 Å². The number of carbonyl (C=O) groups excluding carboxylic acids is 1. The van der Waals surface area contributed by atoms with Crippen molar-refractivity contribution in [3.05, 3.63) is 34.9 Å². The van der Waals surface area contributed by atoms with Crippen molar-refractivity contribution in [2.75, 3.05) is 26.2 Å². The van der Waals surface area contributed by atoms with E-state index in [2.05, 4.69) is 42.2 Å². The molecule has 6 heteroatoms. The summed E-state index contributed by atoms with van der Waals surface area (Å²) < 4.78 is 6.06. The Morgan fingerprint density at radius 1 is 1.21 bits per heavy atom. The van der Waals surface area contributed by atoms with E-state index < -0.39 is 5.41 Å². The summed E-state index contributed by atoms with van der Waals surface area (Å²) in [5.74, 6) is 0.621. The van der Waals surface area contributed by atoms with E-state index in [1.54, 1.807) is 0 Å². The first kappa shape index (κ1) is 22.9. The van der Waals surface area contributed by atoms with Crippen LogP contribution in [0.1, 0.15) is 51.3 Å². The van der Waals surface area contributed by atoms with E-state index in [0.29, 0.717) is 31.9 Å². The van der Waals surface area contributed by atoms with E-state index in [1.165, 1.54) is 11.1 Å². The van der Waals surface area contributed by atoms with Crippen molar-refractivity contribution < 1.29 is 9.53 Å². The normalized spacial score (nSPS) is 11.6. The number of H-pyrrole nitrogens is 1. The highest BCUT2D eigenvalue weighted by Crippen LogP contribution is 2.31. The summed E-state index contributed by atoms with van der Waals surface area (Å²) >= 11 is 0. The van der Waals surface area contributed by atoms with E-state index in [-0.39, 0.29) is 12.5 Å². The molecule has 160 valence electrons. The van der Waals surface area contributed by atoms with Gasteiger partial charge in [0.05, 0.1) is 11.1 Å². The Bertz CT molecular complexity index is 822. The second-order valence-corrected chi connectivity index (χ2v) is 8.13. The first-order valence-electron chi connectivity index (χ1n) is 10.6. The van der Waals surface area contributed by atoms with Crippen LogP contribution in [-0.2, 0) is 17.6 Å². The van der Waals surface area contributed by atoms with Crippen LogP contribution in [-0.4, -0.2) is 47.2 Å². The lowest BCUT2D eigenvalue weighted by atomic mass is 9.92. The highest BCUT2D eigenvalue weighted by Gasteiger charge is 2.32. The number of amides is 1. The number of rotatable bonds is 10. The Labute approximate surface area is 174 Å². The molecular formula is C23H36N4O2. The van der Waals surface area contributed by atoms with Crippen LogP contribution >= 0.6 is 0 Å². The SMILES string of the molecule is CCc1cc(C)cc(-c2[nH]nc(OCC(C)(C)C(=O)N(CC)CC)c2CCN)c1. The van der Waals surface area contributed by atoms with Crippen molar-refractivity contribution in [2.24, 2.45) is 11.1 Å². The molecule has 0 unspecified atom stereocenters. The van der Waals surface area contributed by atoms with Crippen LogP contribution in [0.3, 0.4) is 0 Å². The molecule has 0 aliphatic rings. The van der Waals surface area contributed by atoms with E-state index in [9.17, 15) is 4.79 Å². The number of benzene rings is 1. The third-order valence-electron chi connectivity index (χ3n) is 5.26. The van der Waals surface area contributed by atoms with Crippen LogP contribution in [0, 0.1) is 12.3 Å². The van der Waals surface area contributed by atoms with Gasteiger partial charge < -0.3 is 15.4 Å². The van der Waals surface area contributed by atoms with Crippen molar-refractivity contribution in [1.82, 2.24) is 15.1 Å². The minimum Gasteiger partial charge on any atom is -0.475 e. The Kier molecular flexibility index (Phi) is 7.85. The zero-order valence-corrected chi connectivity index (χ0v) is 18.8. The highest BCUT2D eigenvalue weighted by atomic mass is 16.5. The molecule has 0 spiro atoms. The molecule has 0 fully saturated rings. The Morgan fingerprint density at radius 3 is 2.48 bits per heavy atom. The third-order valence-corrected chi connectivity index (χ3v) is 5.26. The predicted molar refractivity (Wildman–Crippen MR) is 118 cm³/mol. The number of hydrogen-bond donors (Lipinski definition) is 2. The van der Waals surface area contributed by atoms with Gasteiger partial charge in [0.2, 0.25) is 11.8 Å². The third kappa shape index (κ3) is 5.38. The highest BCUT2D eigenvalue weighted by molar-refractivity contribution is 5.82. The van der Waals surface area contributed by atoms with E-state index >= 15 is 0 Å². The van der Waals surface area contributed by atoms with Gasteiger partial charge in [0, 0.05) is 24.2 Å². The maximum absolute atomic E-state index is 12.8. The van der Waals surface area contributed by atoms with Gasteiger partial charge in [-0.05, 0) is 71.7 Å². The van der Waals surface area contributed by atoms with E-state index in [0.717, 1.165) is 23.2 Å². The van der Waals surface area contributed by atoms with Gasteiger partial charge in [-0.1, -0.05) is 18.6 Å². The molecule has 0 bridgehead atoms. The molecule has 1 heterocycles. The Balaban J connectivity index is 2.29. The van der Waals surface area contributed by atoms with E-state index in [4.69, 9.17) is 10.5 Å². The summed E-state index contributed by atoms with van der Waals surface area (Å²) in [7, 11) is 0. The average molecular weight is 401 g/mol. The Morgan fingerprint density at radius 2 is 1.90 bits per heavy atom. The minimum atomic E-state index is -0.635. The molecule has 0 aliphatic heterocycles. The van der Waals surface area contributed by atoms with Gasteiger partial charge in [-0.2, -0.15) is 0 Å². The summed E-state index contributed by atoms with van der Waals surface area (Å²) in [4.78, 5) is 14.6. The molecule has 1 aromatic heterocycles. The first-order chi connectivity index (χ1) is 13.8. The molecule has 0 aliphatic carbocycles. The van der Waals surface area contributed by atoms with Crippen molar-refractivity contribution in [2.45, 2.75) is 54.4 Å². The molecule has 0 saturated heterocycles. The monoisotopic (exact) mass is 400 g/mol. The lowest BCUT2D eigenvalue weighted by Gasteiger charge is -2.30. The second-order valence-electron chi connectivity index (χ2n) is 8.13. The number of aryl methyl sites for hydroxylation is 2. The summed E-state index contributed by atoms with van der Waals surface area (Å²) in [6.07, 6.45) is 1.63. The molecule has 2 aromatic rings. The number of carbonyl (C=O) groups is 1. The number of hydrogen-bond acceptors (Lipinski definition) is 4. The zero-order chi connectivity index (χ0) is 21.6. The largest absolute Gasteiger partial charge is 0.475 e. The van der Waals surface area contributed by atoms with Crippen molar-refractivity contribution in [1.29, 1.82) is 0 Å². The molecule has 2 rings (SSSR count). The van der Waals surface area contributed by atoms with Crippen molar-refractivity contribution in [3.8, 4) is 17.1 Å². The minimum absolute atomic E-state index is 0.0879. The maximum Gasteiger partial charge on any atom is 0.236 e. The molecule has 0 saturated carbocycles. The molecule has 0 radical (unpaired) electrons. The van der Waals surface area contributed by atoms with Crippen LogP contribution in [0.15, 0.2) is 18.2 Å². The molecule has 29 heavy (non-hydrogen) atoms. The fraction of sp³-hybridized carbons (Fsp3) is 0.565. The number of aromatic nitrogens is 2. The molecule has 6 nitrogen and oxygen atoms in total. The molecule has 0 atom stereocenters. The van der Waals surface area contributed by atoms with Crippen LogP contribution in [0.25, 0.3) is 11.3 Å². The molecule has 1 aromatic carbocycles. The van der Waals surface area contributed by atoms with Gasteiger partial charge in [-0.25, -0.2) is 0 Å². The van der Waals surface area contributed by atoms with Crippen LogP contribution in [0.4, 0.5) is 0 Å². The zero-order valence-electron chi connectivity index (χ0n) is 18.8. The molecule has 1 amide bonds. The summed E-state index contributed by atoms with van der Waals surface area (Å²) in [6.45, 7) is 14.2. The number of ether oxygens (including phenoxy) is 1. The lowest BCUT2D eigenvalue weighted by molar-refractivity contribution is -0.141. The fourth-order valence-corrected chi connectivity index (χ4v) is 3.54. The standard InChI is InChI=1S/C23H36N4O2/c1-7-17-12-16(4)13-18(14-17)20-19(10-11-24)21(26-25-20)29-15-23(5,6)22(28)27(8-2)9-3/h12-14H,7-11,15,24H2,1-6H3,(H,25,26).